The van der Waals surface area contributed by atoms with Crippen molar-refractivity contribution >= 4 is 17.3 Å². The molecule has 1 saturated heterocycles. The minimum absolute atomic E-state index is 0.338. The van der Waals surface area contributed by atoms with E-state index in [1.54, 1.807) is 11.3 Å². The largest absolute Gasteiger partial charge is 0.481 e. The summed E-state index contributed by atoms with van der Waals surface area (Å²) >= 11 is 1.76. The number of carboxylic acids is 1. The number of piperidine rings is 1. The van der Waals surface area contributed by atoms with E-state index in [0.29, 0.717) is 6.04 Å². The van der Waals surface area contributed by atoms with E-state index >= 15 is 0 Å². The predicted molar refractivity (Wildman–Crippen MR) is 85.8 cm³/mol. The Balaban J connectivity index is 2.06. The summed E-state index contributed by atoms with van der Waals surface area (Å²) in [6.07, 6.45) is 3.26. The molecule has 2 rings (SSSR count). The molecule has 4 nitrogen and oxygen atoms in total. The normalized spacial score (nSPS) is 20.4. The molecule has 0 saturated carbocycles. The van der Waals surface area contributed by atoms with Crippen LogP contribution < -0.4 is 0 Å². The Labute approximate surface area is 131 Å². The number of thiazole rings is 1. The van der Waals surface area contributed by atoms with Gasteiger partial charge in [-0.25, -0.2) is 4.98 Å². The van der Waals surface area contributed by atoms with Crippen molar-refractivity contribution in [2.45, 2.75) is 59.4 Å². The SMILES string of the molecule is CCCC1(C(=O)O)CCN(C(C)c2sc(C)nc2C)CC1. The van der Waals surface area contributed by atoms with E-state index in [2.05, 4.69) is 30.7 Å². The highest BCUT2D eigenvalue weighted by Crippen LogP contribution is 2.39. The van der Waals surface area contributed by atoms with Crippen molar-refractivity contribution in [3.63, 3.8) is 0 Å². The molecule has 1 aromatic rings. The first-order valence-electron chi connectivity index (χ1n) is 7.81. The summed E-state index contributed by atoms with van der Waals surface area (Å²) in [5, 5.41) is 10.7. The number of aryl methyl sites for hydroxylation is 2. The van der Waals surface area contributed by atoms with Crippen LogP contribution in [0.4, 0.5) is 0 Å². The highest BCUT2D eigenvalue weighted by Gasteiger charge is 2.41. The molecule has 0 radical (unpaired) electrons. The van der Waals surface area contributed by atoms with Crippen LogP contribution in [0.3, 0.4) is 0 Å². The number of aromatic nitrogens is 1. The smallest absolute Gasteiger partial charge is 0.309 e. The number of carbonyl (C=O) groups is 1. The highest BCUT2D eigenvalue weighted by molar-refractivity contribution is 7.11. The highest BCUT2D eigenvalue weighted by atomic mass is 32.1. The molecule has 0 aliphatic carbocycles. The summed E-state index contributed by atoms with van der Waals surface area (Å²) in [6, 6.07) is 0.338. The average molecular weight is 310 g/mol. The van der Waals surface area contributed by atoms with Gasteiger partial charge in [-0.3, -0.25) is 9.69 Å². The van der Waals surface area contributed by atoms with Crippen LogP contribution in [0.1, 0.15) is 61.2 Å². The summed E-state index contributed by atoms with van der Waals surface area (Å²) in [7, 11) is 0. The lowest BCUT2D eigenvalue weighted by Gasteiger charge is -2.41. The van der Waals surface area contributed by atoms with E-state index in [1.165, 1.54) is 4.88 Å². The Morgan fingerprint density at radius 3 is 2.48 bits per heavy atom. The lowest BCUT2D eigenvalue weighted by Crippen LogP contribution is -2.45. The van der Waals surface area contributed by atoms with Crippen LogP contribution in [0.25, 0.3) is 0 Å². The minimum atomic E-state index is -0.610. The van der Waals surface area contributed by atoms with Gasteiger partial charge in [-0.05, 0) is 53.1 Å². The van der Waals surface area contributed by atoms with Crippen LogP contribution >= 0.6 is 11.3 Å². The molecule has 118 valence electrons. The fraction of sp³-hybridized carbons (Fsp3) is 0.750. The standard InChI is InChI=1S/C16H26N2O2S/c1-5-6-16(15(19)20)7-9-18(10-8-16)12(3)14-11(2)17-13(4)21-14/h12H,5-10H2,1-4H3,(H,19,20). The predicted octanol–water partition coefficient (Wildman–Crippen LogP) is 3.79. The Morgan fingerprint density at radius 1 is 1.43 bits per heavy atom. The number of nitrogens with zero attached hydrogens (tertiary/aromatic N) is 2. The molecule has 1 fully saturated rings. The second-order valence-corrected chi connectivity index (χ2v) is 7.46. The van der Waals surface area contributed by atoms with Crippen LogP contribution in [0.2, 0.25) is 0 Å². The van der Waals surface area contributed by atoms with Crippen molar-refractivity contribution in [3.8, 4) is 0 Å². The first-order chi connectivity index (χ1) is 9.89. The second-order valence-electron chi connectivity index (χ2n) is 6.23. The molecular formula is C16H26N2O2S. The fourth-order valence-corrected chi connectivity index (χ4v) is 4.50. The lowest BCUT2D eigenvalue weighted by molar-refractivity contribution is -0.153. The first-order valence-corrected chi connectivity index (χ1v) is 8.62. The Morgan fingerprint density at radius 2 is 2.05 bits per heavy atom. The molecule has 1 unspecified atom stereocenters. The van der Waals surface area contributed by atoms with Crippen LogP contribution in [-0.2, 0) is 4.79 Å². The molecular weight excluding hydrogens is 284 g/mol. The third-order valence-corrected chi connectivity index (χ3v) is 6.05. The average Bonchev–Trinajstić information content (AvgIpc) is 2.78. The summed E-state index contributed by atoms with van der Waals surface area (Å²) in [6.45, 7) is 10.1. The zero-order valence-corrected chi connectivity index (χ0v) is 14.3. The molecule has 1 atom stereocenters. The lowest BCUT2D eigenvalue weighted by atomic mass is 9.74. The Hall–Kier alpha value is -0.940. The molecule has 1 aliphatic heterocycles. The van der Waals surface area contributed by atoms with Gasteiger partial charge in [0.25, 0.3) is 0 Å². The monoisotopic (exact) mass is 310 g/mol. The number of hydrogen-bond donors (Lipinski definition) is 1. The molecule has 0 aromatic carbocycles. The van der Waals surface area contributed by atoms with Gasteiger partial charge < -0.3 is 5.11 Å². The molecule has 0 bridgehead atoms. The summed E-state index contributed by atoms with van der Waals surface area (Å²) in [5.74, 6) is -0.610. The number of hydrogen-bond acceptors (Lipinski definition) is 4. The molecule has 21 heavy (non-hydrogen) atoms. The van der Waals surface area contributed by atoms with E-state index < -0.39 is 11.4 Å². The first kappa shape index (κ1) is 16.4. The maximum atomic E-state index is 11.6. The minimum Gasteiger partial charge on any atom is -0.481 e. The Bertz CT molecular complexity index is 504. The van der Waals surface area contributed by atoms with Crippen LogP contribution in [0.5, 0.6) is 0 Å². The number of likely N-dealkylation sites (tertiary alicyclic amines) is 1. The maximum Gasteiger partial charge on any atom is 0.309 e. The molecule has 1 N–H and O–H groups in total. The van der Waals surface area contributed by atoms with Crippen LogP contribution in [-0.4, -0.2) is 34.0 Å². The van der Waals surface area contributed by atoms with Gasteiger partial charge in [-0.1, -0.05) is 13.3 Å². The summed E-state index contributed by atoms with van der Waals surface area (Å²) < 4.78 is 0. The number of carboxylic acid groups (broad SMARTS) is 1. The Kier molecular flexibility index (Phi) is 5.04. The van der Waals surface area contributed by atoms with Gasteiger partial charge in [0.15, 0.2) is 0 Å². The zero-order chi connectivity index (χ0) is 15.6. The van der Waals surface area contributed by atoms with E-state index in [-0.39, 0.29) is 0 Å². The van der Waals surface area contributed by atoms with Crippen molar-refractivity contribution < 1.29 is 9.90 Å². The molecule has 1 aromatic heterocycles. The van der Waals surface area contributed by atoms with Gasteiger partial charge in [0.2, 0.25) is 0 Å². The number of rotatable bonds is 5. The van der Waals surface area contributed by atoms with Crippen molar-refractivity contribution in [2.75, 3.05) is 13.1 Å². The quantitative estimate of drug-likeness (QED) is 0.899. The summed E-state index contributed by atoms with van der Waals surface area (Å²) in [5.41, 5.74) is 0.623. The van der Waals surface area contributed by atoms with Gasteiger partial charge in [-0.15, -0.1) is 11.3 Å². The van der Waals surface area contributed by atoms with Gasteiger partial charge in [0.05, 0.1) is 16.1 Å². The van der Waals surface area contributed by atoms with E-state index in [9.17, 15) is 9.90 Å². The molecule has 5 heteroatoms. The van der Waals surface area contributed by atoms with E-state index in [4.69, 9.17) is 0 Å². The molecule has 0 amide bonds. The third kappa shape index (κ3) is 3.29. The van der Waals surface area contributed by atoms with Gasteiger partial charge in [0.1, 0.15) is 0 Å². The maximum absolute atomic E-state index is 11.6. The second kappa shape index (κ2) is 6.44. The number of aliphatic carboxylic acids is 1. The molecule has 1 aliphatic rings. The van der Waals surface area contributed by atoms with E-state index in [1.807, 2.05) is 6.92 Å². The topological polar surface area (TPSA) is 53.4 Å². The van der Waals surface area contributed by atoms with Crippen molar-refractivity contribution in [1.29, 1.82) is 0 Å². The molecule has 0 spiro atoms. The van der Waals surface area contributed by atoms with Crippen molar-refractivity contribution in [1.82, 2.24) is 9.88 Å². The van der Waals surface area contributed by atoms with Crippen molar-refractivity contribution in [3.05, 3.63) is 15.6 Å². The van der Waals surface area contributed by atoms with E-state index in [0.717, 1.165) is 49.5 Å². The van der Waals surface area contributed by atoms with Crippen LogP contribution in [0.15, 0.2) is 0 Å². The summed E-state index contributed by atoms with van der Waals surface area (Å²) in [4.78, 5) is 19.9. The fourth-order valence-electron chi connectivity index (χ4n) is 3.49. The zero-order valence-electron chi connectivity index (χ0n) is 13.5. The van der Waals surface area contributed by atoms with Gasteiger partial charge in [-0.2, -0.15) is 0 Å². The molecule has 2 heterocycles. The van der Waals surface area contributed by atoms with Crippen LogP contribution in [0, 0.1) is 19.3 Å². The van der Waals surface area contributed by atoms with Gasteiger partial charge >= 0.3 is 5.97 Å². The van der Waals surface area contributed by atoms with Crippen molar-refractivity contribution in [2.24, 2.45) is 5.41 Å². The third-order valence-electron chi connectivity index (χ3n) is 4.80. The van der Waals surface area contributed by atoms with Gasteiger partial charge in [0, 0.05) is 10.9 Å².